The minimum atomic E-state index is -0.234. The molecule has 0 amide bonds. The first-order valence-electron chi connectivity index (χ1n) is 12.5. The van der Waals surface area contributed by atoms with Gasteiger partial charge in [-0.25, -0.2) is 9.37 Å². The molecule has 2 fully saturated rings. The maximum Gasteiger partial charge on any atom is 0.229 e. The Morgan fingerprint density at radius 1 is 1.03 bits per heavy atom. The van der Waals surface area contributed by atoms with Gasteiger partial charge in [0, 0.05) is 63.1 Å². The molecule has 0 bridgehead atoms. The van der Waals surface area contributed by atoms with E-state index in [4.69, 9.17) is 9.47 Å². The molecule has 3 aromatic rings. The van der Waals surface area contributed by atoms with E-state index >= 15 is 4.39 Å². The minimum Gasteiger partial charge on any atom is -0.480 e. The number of likely N-dealkylation sites (N-methyl/N-ethyl adjacent to an activating group) is 1. The highest BCUT2D eigenvalue weighted by Crippen LogP contribution is 2.33. The van der Waals surface area contributed by atoms with Crippen molar-refractivity contribution in [1.82, 2.24) is 19.8 Å². The second-order valence-corrected chi connectivity index (χ2v) is 10.2. The number of pyridine rings is 2. The van der Waals surface area contributed by atoms with Gasteiger partial charge in [0.25, 0.3) is 0 Å². The number of morpholine rings is 1. The summed E-state index contributed by atoms with van der Waals surface area (Å²) in [7, 11) is 3.75. The van der Waals surface area contributed by atoms with E-state index in [-0.39, 0.29) is 5.82 Å². The Hall–Kier alpha value is -2.92. The molecule has 0 saturated carbocycles. The molecule has 2 saturated heterocycles. The number of benzene rings is 1. The molecule has 1 aromatic carbocycles. The van der Waals surface area contributed by atoms with Crippen molar-refractivity contribution in [3.8, 4) is 17.0 Å². The third-order valence-corrected chi connectivity index (χ3v) is 7.59. The lowest BCUT2D eigenvalue weighted by molar-refractivity contribution is 0.122. The van der Waals surface area contributed by atoms with Gasteiger partial charge in [0.1, 0.15) is 5.82 Å². The van der Waals surface area contributed by atoms with E-state index in [1.165, 1.54) is 11.9 Å². The number of ether oxygens (including phenoxy) is 2. The molecular formula is C27H33FN6O2S. The summed E-state index contributed by atoms with van der Waals surface area (Å²) in [6.45, 7) is 7.94. The monoisotopic (exact) mass is 524 g/mol. The highest BCUT2D eigenvalue weighted by atomic mass is 32.2. The lowest BCUT2D eigenvalue weighted by Crippen LogP contribution is -2.43. The molecule has 0 unspecified atom stereocenters. The minimum absolute atomic E-state index is 0.234. The number of nitrogens with zero attached hydrogens (tertiary/aromatic N) is 5. The van der Waals surface area contributed by atoms with Crippen LogP contribution in [0.3, 0.4) is 0 Å². The van der Waals surface area contributed by atoms with Crippen molar-refractivity contribution < 1.29 is 13.9 Å². The number of methoxy groups -OCH3 is 1. The molecule has 4 heterocycles. The average Bonchev–Trinajstić information content (AvgIpc) is 2.94. The van der Waals surface area contributed by atoms with Gasteiger partial charge < -0.3 is 24.0 Å². The first-order valence-corrected chi connectivity index (χ1v) is 13.3. The predicted octanol–water partition coefficient (Wildman–Crippen LogP) is 3.99. The van der Waals surface area contributed by atoms with Crippen LogP contribution in [-0.4, -0.2) is 86.4 Å². The number of aromatic nitrogens is 2. The lowest BCUT2D eigenvalue weighted by Gasteiger charge is -2.32. The molecule has 196 valence electrons. The predicted molar refractivity (Wildman–Crippen MR) is 146 cm³/mol. The van der Waals surface area contributed by atoms with E-state index in [9.17, 15) is 0 Å². The second kappa shape index (κ2) is 12.1. The summed E-state index contributed by atoms with van der Waals surface area (Å²) in [5.74, 6) is 0.308. The Bertz CT molecular complexity index is 1200. The van der Waals surface area contributed by atoms with Crippen molar-refractivity contribution >= 4 is 23.3 Å². The van der Waals surface area contributed by atoms with Crippen LogP contribution in [0.15, 0.2) is 53.8 Å². The van der Waals surface area contributed by atoms with Crippen molar-refractivity contribution in [2.75, 3.05) is 76.3 Å². The van der Waals surface area contributed by atoms with Crippen LogP contribution in [0, 0.1) is 5.82 Å². The molecule has 2 aliphatic rings. The lowest BCUT2D eigenvalue weighted by atomic mass is 10.0. The highest BCUT2D eigenvalue weighted by molar-refractivity contribution is 8.00. The summed E-state index contributed by atoms with van der Waals surface area (Å²) in [5, 5.41) is 0. The topological polar surface area (TPSA) is 66.0 Å². The van der Waals surface area contributed by atoms with Crippen molar-refractivity contribution in [3.05, 3.63) is 60.3 Å². The standard InChI is InChI=1S/C27H33FN6O2S/c1-32-5-7-33(8-6-32)19-20-3-4-24(25(28)13-20)21-14-22(17-29-16-21)31-37-26-15-23(18-30-27(26)35-2)34-9-11-36-12-10-34/h3-4,13-18,31H,5-12,19H2,1-2H3. The van der Waals surface area contributed by atoms with Crippen molar-refractivity contribution in [2.24, 2.45) is 0 Å². The summed E-state index contributed by atoms with van der Waals surface area (Å²) in [6, 6.07) is 9.48. The van der Waals surface area contributed by atoms with Crippen LogP contribution >= 0.6 is 11.9 Å². The third kappa shape index (κ3) is 6.51. The van der Waals surface area contributed by atoms with Crippen molar-refractivity contribution in [3.63, 3.8) is 0 Å². The fourth-order valence-electron chi connectivity index (χ4n) is 4.55. The zero-order valence-corrected chi connectivity index (χ0v) is 22.1. The molecule has 0 aliphatic carbocycles. The van der Waals surface area contributed by atoms with Gasteiger partial charge in [0.05, 0.1) is 49.0 Å². The Labute approximate surface area is 221 Å². The third-order valence-electron chi connectivity index (χ3n) is 6.74. The van der Waals surface area contributed by atoms with Gasteiger partial charge in [-0.2, -0.15) is 0 Å². The Morgan fingerprint density at radius 2 is 1.84 bits per heavy atom. The fraction of sp³-hybridized carbons (Fsp3) is 0.407. The van der Waals surface area contributed by atoms with Gasteiger partial charge in [0.15, 0.2) is 0 Å². The normalized spacial score (nSPS) is 17.1. The van der Waals surface area contributed by atoms with Crippen LogP contribution in [0.5, 0.6) is 5.88 Å². The molecule has 0 atom stereocenters. The molecule has 0 radical (unpaired) electrons. The quantitative estimate of drug-likeness (QED) is 0.441. The smallest absolute Gasteiger partial charge is 0.229 e. The van der Waals surface area contributed by atoms with Gasteiger partial charge in [-0.15, -0.1) is 0 Å². The Balaban J connectivity index is 1.27. The second-order valence-electron chi connectivity index (χ2n) is 9.36. The van der Waals surface area contributed by atoms with Crippen LogP contribution in [0.25, 0.3) is 11.1 Å². The van der Waals surface area contributed by atoms with Gasteiger partial charge in [-0.05, 0) is 42.8 Å². The van der Waals surface area contributed by atoms with Crippen LogP contribution in [0.4, 0.5) is 15.8 Å². The van der Waals surface area contributed by atoms with Crippen LogP contribution in [0.1, 0.15) is 5.56 Å². The highest BCUT2D eigenvalue weighted by Gasteiger charge is 2.17. The SMILES string of the molecule is COc1ncc(N2CCOCC2)cc1SNc1cncc(-c2ccc(CN3CCN(C)CC3)cc2F)c1. The average molecular weight is 525 g/mol. The van der Waals surface area contributed by atoms with E-state index in [1.54, 1.807) is 25.6 Å². The number of rotatable bonds is 8. The van der Waals surface area contributed by atoms with Gasteiger partial charge in [-0.3, -0.25) is 9.88 Å². The van der Waals surface area contributed by atoms with Crippen LogP contribution in [0.2, 0.25) is 0 Å². The zero-order valence-electron chi connectivity index (χ0n) is 21.3. The number of piperazine rings is 1. The van der Waals surface area contributed by atoms with Crippen molar-refractivity contribution in [2.45, 2.75) is 11.4 Å². The maximum atomic E-state index is 15.1. The van der Waals surface area contributed by atoms with E-state index in [0.717, 1.165) is 73.2 Å². The molecule has 37 heavy (non-hydrogen) atoms. The van der Waals surface area contributed by atoms with Gasteiger partial charge in [0.2, 0.25) is 5.88 Å². The summed E-state index contributed by atoms with van der Waals surface area (Å²) in [6.07, 6.45) is 5.24. The number of hydrogen-bond donors (Lipinski definition) is 1. The van der Waals surface area contributed by atoms with Crippen LogP contribution in [-0.2, 0) is 11.3 Å². The van der Waals surface area contributed by atoms with E-state index in [0.29, 0.717) is 24.7 Å². The van der Waals surface area contributed by atoms with E-state index in [1.807, 2.05) is 24.4 Å². The molecule has 2 aromatic heterocycles. The maximum absolute atomic E-state index is 15.1. The Morgan fingerprint density at radius 3 is 2.59 bits per heavy atom. The molecule has 5 rings (SSSR count). The van der Waals surface area contributed by atoms with Gasteiger partial charge in [-0.1, -0.05) is 12.1 Å². The first-order chi connectivity index (χ1) is 18.1. The van der Waals surface area contributed by atoms with E-state index < -0.39 is 0 Å². The molecule has 2 aliphatic heterocycles. The molecular weight excluding hydrogens is 491 g/mol. The van der Waals surface area contributed by atoms with Crippen LogP contribution < -0.4 is 14.4 Å². The number of anilines is 2. The zero-order chi connectivity index (χ0) is 25.6. The summed E-state index contributed by atoms with van der Waals surface area (Å²) >= 11 is 1.39. The number of halogens is 1. The number of nitrogens with one attached hydrogen (secondary N) is 1. The summed E-state index contributed by atoms with van der Waals surface area (Å²) < 4.78 is 29.4. The fourth-order valence-corrected chi connectivity index (χ4v) is 5.30. The van der Waals surface area contributed by atoms with Gasteiger partial charge >= 0.3 is 0 Å². The van der Waals surface area contributed by atoms with E-state index in [2.05, 4.69) is 42.5 Å². The molecule has 10 heteroatoms. The molecule has 8 nitrogen and oxygen atoms in total. The summed E-state index contributed by atoms with van der Waals surface area (Å²) in [4.78, 5) is 16.6. The Kier molecular flexibility index (Phi) is 8.40. The first kappa shape index (κ1) is 25.7. The summed E-state index contributed by atoms with van der Waals surface area (Å²) in [5.41, 5.74) is 4.04. The van der Waals surface area contributed by atoms with Crippen molar-refractivity contribution in [1.29, 1.82) is 0 Å². The largest absolute Gasteiger partial charge is 0.480 e. The molecule has 1 N–H and O–H groups in total. The molecule has 0 spiro atoms. The number of hydrogen-bond acceptors (Lipinski definition) is 9.